The molecule has 1 amide bonds. The zero-order chi connectivity index (χ0) is 25.2. The number of fused-ring (bicyclic) bond motifs is 1. The first-order valence-electron chi connectivity index (χ1n) is 11.4. The van der Waals surface area contributed by atoms with Crippen LogP contribution in [-0.4, -0.2) is 27.9 Å². The fraction of sp³-hybridized carbons (Fsp3) is 0.143. The molecule has 0 saturated carbocycles. The lowest BCUT2D eigenvalue weighted by atomic mass is 10.1. The third-order valence-electron chi connectivity index (χ3n) is 5.55. The van der Waals surface area contributed by atoms with Gasteiger partial charge in [0.1, 0.15) is 11.4 Å². The number of anilines is 1. The van der Waals surface area contributed by atoms with E-state index in [4.69, 9.17) is 23.5 Å². The van der Waals surface area contributed by atoms with Crippen molar-refractivity contribution in [2.75, 3.05) is 5.32 Å². The molecule has 0 aliphatic heterocycles. The molecule has 0 fully saturated rings. The largest absolute Gasteiger partial charge is 0.463 e. The minimum absolute atomic E-state index is 0.249. The minimum atomic E-state index is -1.000. The number of aryl methyl sites for hydroxylation is 2. The van der Waals surface area contributed by atoms with Crippen LogP contribution in [0, 0.1) is 13.8 Å². The molecule has 8 nitrogen and oxygen atoms in total. The lowest BCUT2D eigenvalue weighted by Gasteiger charge is -2.14. The lowest BCUT2D eigenvalue weighted by Crippen LogP contribution is -2.30. The number of ether oxygens (including phenoxy) is 1. The Hall–Kier alpha value is -4.72. The van der Waals surface area contributed by atoms with Gasteiger partial charge in [0.15, 0.2) is 17.6 Å². The summed E-state index contributed by atoms with van der Waals surface area (Å²) >= 11 is 0. The van der Waals surface area contributed by atoms with Gasteiger partial charge in [-0.15, -0.1) is 0 Å². The van der Waals surface area contributed by atoms with Gasteiger partial charge in [-0.1, -0.05) is 6.07 Å². The molecule has 1 unspecified atom stereocenters. The molecular formula is C28H23N3O5. The molecule has 3 aromatic heterocycles. The summed E-state index contributed by atoms with van der Waals surface area (Å²) in [6.07, 6.45) is 2.11. The molecule has 0 saturated heterocycles. The molecule has 5 aromatic rings. The number of benzene rings is 2. The van der Waals surface area contributed by atoms with Gasteiger partial charge in [-0.25, -0.2) is 14.8 Å². The van der Waals surface area contributed by atoms with Crippen molar-refractivity contribution in [3.63, 3.8) is 0 Å². The van der Waals surface area contributed by atoms with E-state index in [1.54, 1.807) is 55.0 Å². The number of nitrogens with one attached hydrogen (secondary N) is 1. The maximum atomic E-state index is 12.8. The van der Waals surface area contributed by atoms with Crippen molar-refractivity contribution < 1.29 is 23.2 Å². The molecule has 0 bridgehead atoms. The second-order valence-electron chi connectivity index (χ2n) is 8.49. The number of rotatable bonds is 6. The third-order valence-corrected chi connectivity index (χ3v) is 5.55. The first-order chi connectivity index (χ1) is 17.4. The molecule has 3 heterocycles. The summed E-state index contributed by atoms with van der Waals surface area (Å²) in [5.41, 5.74) is 4.99. The van der Waals surface area contributed by atoms with Crippen LogP contribution < -0.4 is 5.32 Å². The van der Waals surface area contributed by atoms with Crippen molar-refractivity contribution in [2.24, 2.45) is 0 Å². The second-order valence-corrected chi connectivity index (χ2v) is 8.49. The summed E-state index contributed by atoms with van der Waals surface area (Å²) in [5, 5.41) is 2.79. The van der Waals surface area contributed by atoms with E-state index in [1.807, 2.05) is 32.0 Å². The number of furan rings is 2. The second kappa shape index (κ2) is 9.50. The summed E-state index contributed by atoms with van der Waals surface area (Å²) in [6.45, 7) is 5.43. The molecule has 36 heavy (non-hydrogen) atoms. The lowest BCUT2D eigenvalue weighted by molar-refractivity contribution is -0.123. The van der Waals surface area contributed by atoms with Crippen LogP contribution in [-0.2, 0) is 9.53 Å². The Morgan fingerprint density at radius 2 is 1.44 bits per heavy atom. The normalized spacial score (nSPS) is 11.9. The van der Waals surface area contributed by atoms with Crippen LogP contribution in [0.25, 0.3) is 33.9 Å². The Balaban J connectivity index is 1.39. The van der Waals surface area contributed by atoms with Crippen LogP contribution >= 0.6 is 0 Å². The summed E-state index contributed by atoms with van der Waals surface area (Å²) in [5.74, 6) is -0.00283. The van der Waals surface area contributed by atoms with E-state index in [9.17, 15) is 9.59 Å². The standard InChI is InChI=1S/C28H23N3O5/c1-16-12-17(2)14-20(13-16)29-27(32)18(3)36-28(33)19-8-9-21-22(15-19)31-26(24-7-5-11-35-24)25(30-21)23-6-4-10-34-23/h4-15,18H,1-3H3,(H,29,32). The predicted octanol–water partition coefficient (Wildman–Crippen LogP) is 5.95. The van der Waals surface area contributed by atoms with Gasteiger partial charge in [0.25, 0.3) is 5.91 Å². The molecule has 180 valence electrons. The smallest absolute Gasteiger partial charge is 0.338 e. The number of carbonyl (C=O) groups is 2. The molecule has 0 aliphatic carbocycles. The number of carbonyl (C=O) groups excluding carboxylic acids is 2. The quantitative estimate of drug-likeness (QED) is 0.299. The first kappa shape index (κ1) is 23.0. The van der Waals surface area contributed by atoms with Gasteiger partial charge >= 0.3 is 5.97 Å². The summed E-state index contributed by atoms with van der Waals surface area (Å²) in [4.78, 5) is 34.8. The van der Waals surface area contributed by atoms with E-state index in [0.29, 0.717) is 39.6 Å². The fourth-order valence-electron chi connectivity index (χ4n) is 3.92. The van der Waals surface area contributed by atoms with Crippen molar-refractivity contribution in [2.45, 2.75) is 26.9 Å². The Morgan fingerprint density at radius 1 is 0.833 bits per heavy atom. The maximum absolute atomic E-state index is 12.8. The van der Waals surface area contributed by atoms with Crippen LogP contribution in [0.4, 0.5) is 5.69 Å². The average Bonchev–Trinajstić information content (AvgIpc) is 3.56. The summed E-state index contributed by atoms with van der Waals surface area (Å²) in [7, 11) is 0. The number of aromatic nitrogens is 2. The topological polar surface area (TPSA) is 107 Å². The van der Waals surface area contributed by atoms with Crippen molar-refractivity contribution in [1.29, 1.82) is 0 Å². The van der Waals surface area contributed by atoms with E-state index >= 15 is 0 Å². The molecular weight excluding hydrogens is 458 g/mol. The van der Waals surface area contributed by atoms with Gasteiger partial charge in [-0.3, -0.25) is 4.79 Å². The van der Waals surface area contributed by atoms with Crippen LogP contribution in [0.2, 0.25) is 0 Å². The summed E-state index contributed by atoms with van der Waals surface area (Å²) in [6, 6.07) is 17.7. The van der Waals surface area contributed by atoms with Crippen LogP contribution in [0.3, 0.4) is 0 Å². The van der Waals surface area contributed by atoms with E-state index < -0.39 is 18.0 Å². The number of amides is 1. The van der Waals surface area contributed by atoms with E-state index in [-0.39, 0.29) is 5.56 Å². The highest BCUT2D eigenvalue weighted by molar-refractivity contribution is 5.99. The van der Waals surface area contributed by atoms with Gasteiger partial charge in [0.2, 0.25) is 0 Å². The highest BCUT2D eigenvalue weighted by Gasteiger charge is 2.21. The number of nitrogens with zero attached hydrogens (tertiary/aromatic N) is 2. The Labute approximate surface area is 206 Å². The third kappa shape index (κ3) is 4.74. The monoisotopic (exact) mass is 481 g/mol. The molecule has 5 rings (SSSR count). The van der Waals surface area contributed by atoms with Crippen LogP contribution in [0.5, 0.6) is 0 Å². The van der Waals surface area contributed by atoms with Gasteiger partial charge in [0.05, 0.1) is 29.1 Å². The van der Waals surface area contributed by atoms with E-state index in [0.717, 1.165) is 11.1 Å². The van der Waals surface area contributed by atoms with Crippen LogP contribution in [0.15, 0.2) is 82.0 Å². The van der Waals surface area contributed by atoms with Gasteiger partial charge in [0, 0.05) is 5.69 Å². The number of hydrogen-bond donors (Lipinski definition) is 1. The van der Waals surface area contributed by atoms with Crippen molar-refractivity contribution in [3.05, 3.63) is 89.9 Å². The van der Waals surface area contributed by atoms with Gasteiger partial charge in [-0.2, -0.15) is 0 Å². The highest BCUT2D eigenvalue weighted by Crippen LogP contribution is 2.31. The van der Waals surface area contributed by atoms with Gasteiger partial charge < -0.3 is 18.9 Å². The Morgan fingerprint density at radius 3 is 2.03 bits per heavy atom. The first-order valence-corrected chi connectivity index (χ1v) is 11.4. The Kier molecular flexibility index (Phi) is 6.08. The van der Waals surface area contributed by atoms with E-state index in [2.05, 4.69) is 5.32 Å². The average molecular weight is 482 g/mol. The highest BCUT2D eigenvalue weighted by atomic mass is 16.5. The van der Waals surface area contributed by atoms with Crippen molar-refractivity contribution in [1.82, 2.24) is 9.97 Å². The SMILES string of the molecule is Cc1cc(C)cc(NC(=O)C(C)OC(=O)c2ccc3nc(-c4ccco4)c(-c4ccco4)nc3c2)c1. The van der Waals surface area contributed by atoms with E-state index in [1.165, 1.54) is 6.92 Å². The van der Waals surface area contributed by atoms with Gasteiger partial charge in [-0.05, 0) is 86.5 Å². The fourth-order valence-corrected chi connectivity index (χ4v) is 3.92. The number of esters is 1. The summed E-state index contributed by atoms with van der Waals surface area (Å²) < 4.78 is 16.5. The Bertz CT molecular complexity index is 1540. The zero-order valence-corrected chi connectivity index (χ0v) is 19.9. The maximum Gasteiger partial charge on any atom is 0.338 e. The molecule has 0 spiro atoms. The molecule has 2 aromatic carbocycles. The van der Waals surface area contributed by atoms with Crippen LogP contribution in [0.1, 0.15) is 28.4 Å². The molecule has 1 N–H and O–H groups in total. The number of hydrogen-bond acceptors (Lipinski definition) is 7. The molecule has 1 atom stereocenters. The zero-order valence-electron chi connectivity index (χ0n) is 19.9. The molecule has 0 radical (unpaired) electrons. The van der Waals surface area contributed by atoms with Crippen molar-refractivity contribution >= 4 is 28.6 Å². The molecule has 8 heteroatoms. The predicted molar refractivity (Wildman–Crippen MR) is 134 cm³/mol. The van der Waals surface area contributed by atoms with Crippen molar-refractivity contribution in [3.8, 4) is 22.9 Å². The minimum Gasteiger partial charge on any atom is -0.463 e. The molecule has 0 aliphatic rings.